The van der Waals surface area contributed by atoms with Crippen molar-refractivity contribution in [2.75, 3.05) is 7.11 Å². The highest BCUT2D eigenvalue weighted by atomic mass is 16.5. The van der Waals surface area contributed by atoms with E-state index in [1.807, 2.05) is 24.3 Å². The van der Waals surface area contributed by atoms with Gasteiger partial charge in [0.1, 0.15) is 0 Å². The van der Waals surface area contributed by atoms with Gasteiger partial charge in [-0.05, 0) is 12.0 Å². The minimum Gasteiger partial charge on any atom is -0.377 e. The average molecular weight is 176 g/mol. The van der Waals surface area contributed by atoms with Gasteiger partial charge in [-0.2, -0.15) is 0 Å². The fraction of sp³-hybridized carbons (Fsp3) is 0.364. The van der Waals surface area contributed by atoms with Crippen LogP contribution in [0, 0.1) is 0 Å². The lowest BCUT2D eigenvalue weighted by atomic mass is 9.88. The zero-order valence-electron chi connectivity index (χ0n) is 7.62. The SMILES string of the molecule is COC1CCC(=O)c2ccccc21. The molecular weight excluding hydrogens is 164 g/mol. The van der Waals surface area contributed by atoms with Crippen molar-refractivity contribution < 1.29 is 9.53 Å². The molecule has 0 radical (unpaired) electrons. The summed E-state index contributed by atoms with van der Waals surface area (Å²) in [5.74, 6) is 0.240. The molecule has 0 aromatic heterocycles. The first-order valence-corrected chi connectivity index (χ1v) is 4.48. The van der Waals surface area contributed by atoms with Crippen molar-refractivity contribution >= 4 is 5.78 Å². The molecule has 0 aliphatic heterocycles. The summed E-state index contributed by atoms with van der Waals surface area (Å²) in [5, 5.41) is 0. The van der Waals surface area contributed by atoms with Crippen molar-refractivity contribution in [3.8, 4) is 0 Å². The molecule has 0 N–H and O–H groups in total. The molecule has 2 nitrogen and oxygen atoms in total. The molecule has 0 fully saturated rings. The first-order chi connectivity index (χ1) is 6.33. The lowest BCUT2D eigenvalue weighted by molar-refractivity contribution is 0.0737. The summed E-state index contributed by atoms with van der Waals surface area (Å²) in [6.45, 7) is 0. The third kappa shape index (κ3) is 1.38. The van der Waals surface area contributed by atoms with Gasteiger partial charge in [-0.25, -0.2) is 0 Å². The van der Waals surface area contributed by atoms with Gasteiger partial charge in [0, 0.05) is 19.1 Å². The molecule has 1 aromatic rings. The lowest BCUT2D eigenvalue weighted by Gasteiger charge is -2.22. The minimum atomic E-state index is 0.105. The number of ether oxygens (including phenoxy) is 1. The highest BCUT2D eigenvalue weighted by Gasteiger charge is 2.24. The fourth-order valence-electron chi connectivity index (χ4n) is 1.83. The Hall–Kier alpha value is -1.15. The maximum absolute atomic E-state index is 11.5. The van der Waals surface area contributed by atoms with Crippen molar-refractivity contribution in [3.63, 3.8) is 0 Å². The van der Waals surface area contributed by atoms with Gasteiger partial charge >= 0.3 is 0 Å². The Balaban J connectivity index is 2.47. The first-order valence-electron chi connectivity index (χ1n) is 4.48. The van der Waals surface area contributed by atoms with Gasteiger partial charge in [-0.15, -0.1) is 0 Å². The van der Waals surface area contributed by atoms with Crippen molar-refractivity contribution in [1.29, 1.82) is 0 Å². The van der Waals surface area contributed by atoms with Gasteiger partial charge in [0.15, 0.2) is 5.78 Å². The molecule has 0 heterocycles. The molecule has 13 heavy (non-hydrogen) atoms. The van der Waals surface area contributed by atoms with Crippen molar-refractivity contribution in [1.82, 2.24) is 0 Å². The fourth-order valence-corrected chi connectivity index (χ4v) is 1.83. The number of methoxy groups -OCH3 is 1. The molecule has 1 atom stereocenters. The number of hydrogen-bond donors (Lipinski definition) is 0. The number of carbonyl (C=O) groups excluding carboxylic acids is 1. The van der Waals surface area contributed by atoms with Crippen molar-refractivity contribution in [3.05, 3.63) is 35.4 Å². The normalized spacial score (nSPS) is 21.3. The van der Waals surface area contributed by atoms with Gasteiger partial charge in [0.25, 0.3) is 0 Å². The van der Waals surface area contributed by atoms with Crippen molar-refractivity contribution in [2.45, 2.75) is 18.9 Å². The Kier molecular flexibility index (Phi) is 2.15. The van der Waals surface area contributed by atoms with Crippen LogP contribution in [-0.2, 0) is 4.74 Å². The number of Topliss-reactive ketones (excluding diaryl/α,β-unsaturated/α-hetero) is 1. The number of benzene rings is 1. The second kappa shape index (κ2) is 3.30. The largest absolute Gasteiger partial charge is 0.377 e. The molecule has 68 valence electrons. The monoisotopic (exact) mass is 176 g/mol. The van der Waals surface area contributed by atoms with Gasteiger partial charge in [-0.3, -0.25) is 4.79 Å². The van der Waals surface area contributed by atoms with Crippen LogP contribution in [0.3, 0.4) is 0 Å². The Labute approximate surface area is 77.5 Å². The van der Waals surface area contributed by atoms with Crippen LogP contribution in [0.15, 0.2) is 24.3 Å². The highest BCUT2D eigenvalue weighted by molar-refractivity contribution is 5.98. The van der Waals surface area contributed by atoms with Crippen molar-refractivity contribution in [2.24, 2.45) is 0 Å². The van der Waals surface area contributed by atoms with Gasteiger partial charge in [0.2, 0.25) is 0 Å². The zero-order valence-corrected chi connectivity index (χ0v) is 7.62. The molecule has 2 heteroatoms. The molecule has 0 bridgehead atoms. The Morgan fingerprint density at radius 1 is 1.38 bits per heavy atom. The maximum atomic E-state index is 11.5. The number of carbonyl (C=O) groups is 1. The summed E-state index contributed by atoms with van der Waals surface area (Å²) in [6.07, 6.45) is 1.52. The zero-order chi connectivity index (χ0) is 9.26. The third-order valence-corrected chi connectivity index (χ3v) is 2.53. The molecule has 0 spiro atoms. The molecule has 0 saturated carbocycles. The topological polar surface area (TPSA) is 26.3 Å². The number of hydrogen-bond acceptors (Lipinski definition) is 2. The molecule has 1 aromatic carbocycles. The van der Waals surface area contributed by atoms with Crippen LogP contribution in [0.2, 0.25) is 0 Å². The van der Waals surface area contributed by atoms with E-state index in [0.717, 1.165) is 17.5 Å². The number of fused-ring (bicyclic) bond motifs is 1. The summed E-state index contributed by atoms with van der Waals surface area (Å²) in [7, 11) is 1.69. The first kappa shape index (κ1) is 8.45. The van der Waals surface area contributed by atoms with E-state index in [-0.39, 0.29) is 11.9 Å². The highest BCUT2D eigenvalue weighted by Crippen LogP contribution is 2.31. The summed E-state index contributed by atoms with van der Waals surface area (Å²) in [4.78, 5) is 11.5. The van der Waals surface area contributed by atoms with Crippen LogP contribution >= 0.6 is 0 Å². The molecule has 1 unspecified atom stereocenters. The van der Waals surface area contributed by atoms with E-state index in [2.05, 4.69) is 0 Å². The summed E-state index contributed by atoms with van der Waals surface area (Å²) in [5.41, 5.74) is 1.88. The second-order valence-electron chi connectivity index (χ2n) is 3.27. The lowest BCUT2D eigenvalue weighted by Crippen LogP contribution is -2.16. The predicted molar refractivity (Wildman–Crippen MR) is 49.8 cm³/mol. The molecule has 0 amide bonds. The standard InChI is InChI=1S/C11H12O2/c1-13-11-7-6-10(12)8-4-2-3-5-9(8)11/h2-5,11H,6-7H2,1H3. The van der Waals surface area contributed by atoms with Crippen LogP contribution in [0.5, 0.6) is 0 Å². The molecule has 1 aliphatic rings. The predicted octanol–water partition coefficient (Wildman–Crippen LogP) is 2.35. The van der Waals surface area contributed by atoms with E-state index in [0.29, 0.717) is 6.42 Å². The van der Waals surface area contributed by atoms with Gasteiger partial charge in [0.05, 0.1) is 6.10 Å². The van der Waals surface area contributed by atoms with Crippen LogP contribution in [0.1, 0.15) is 34.9 Å². The Morgan fingerprint density at radius 2 is 2.15 bits per heavy atom. The Bertz CT molecular complexity index is 331. The molecular formula is C11H12O2. The third-order valence-electron chi connectivity index (χ3n) is 2.53. The average Bonchev–Trinajstić information content (AvgIpc) is 2.19. The van der Waals surface area contributed by atoms with Crippen LogP contribution in [0.4, 0.5) is 0 Å². The quantitative estimate of drug-likeness (QED) is 0.656. The van der Waals surface area contributed by atoms with E-state index < -0.39 is 0 Å². The summed E-state index contributed by atoms with van der Waals surface area (Å²) in [6, 6.07) is 7.70. The summed E-state index contributed by atoms with van der Waals surface area (Å²) < 4.78 is 5.31. The summed E-state index contributed by atoms with van der Waals surface area (Å²) >= 11 is 0. The molecule has 1 aliphatic carbocycles. The second-order valence-corrected chi connectivity index (χ2v) is 3.27. The minimum absolute atomic E-state index is 0.105. The van der Waals surface area contributed by atoms with E-state index >= 15 is 0 Å². The van der Waals surface area contributed by atoms with Gasteiger partial charge in [-0.1, -0.05) is 24.3 Å². The molecule has 2 rings (SSSR count). The van der Waals surface area contributed by atoms with E-state index in [1.165, 1.54) is 0 Å². The van der Waals surface area contributed by atoms with Crippen LogP contribution in [-0.4, -0.2) is 12.9 Å². The molecule has 0 saturated heterocycles. The smallest absolute Gasteiger partial charge is 0.163 e. The van der Waals surface area contributed by atoms with Crippen LogP contribution < -0.4 is 0 Å². The van der Waals surface area contributed by atoms with Crippen LogP contribution in [0.25, 0.3) is 0 Å². The Morgan fingerprint density at radius 3 is 2.92 bits per heavy atom. The van der Waals surface area contributed by atoms with E-state index in [4.69, 9.17) is 4.74 Å². The maximum Gasteiger partial charge on any atom is 0.163 e. The van der Waals surface area contributed by atoms with E-state index in [9.17, 15) is 4.79 Å². The van der Waals surface area contributed by atoms with E-state index in [1.54, 1.807) is 7.11 Å². The number of ketones is 1. The number of rotatable bonds is 1. The van der Waals surface area contributed by atoms with Gasteiger partial charge < -0.3 is 4.74 Å².